The molecule has 2 aromatic carbocycles. The number of benzene rings is 2. The van der Waals surface area contributed by atoms with Crippen molar-refractivity contribution in [3.05, 3.63) is 48.0 Å². The van der Waals surface area contributed by atoms with Gasteiger partial charge >= 0.3 is 0 Å². The van der Waals surface area contributed by atoms with Crippen molar-refractivity contribution in [1.29, 1.82) is 0 Å². The fraction of sp³-hybridized carbons (Fsp3) is 0.250. The van der Waals surface area contributed by atoms with Crippen molar-refractivity contribution in [2.24, 2.45) is 0 Å². The number of thioether (sulfide) groups is 1. The van der Waals surface area contributed by atoms with Crippen molar-refractivity contribution in [3.63, 3.8) is 0 Å². The molecule has 0 atom stereocenters. The number of rotatable bonds is 5. The Morgan fingerprint density at radius 2 is 2.07 bits per heavy atom. The average molecular weight is 380 g/mol. The number of hydrogen-bond donors (Lipinski definition) is 2. The maximum absolute atomic E-state index is 12.2. The van der Waals surface area contributed by atoms with Crippen LogP contribution in [-0.4, -0.2) is 34.1 Å². The van der Waals surface area contributed by atoms with Crippen LogP contribution in [-0.2, 0) is 9.59 Å². The number of anilines is 2. The number of amides is 2. The van der Waals surface area contributed by atoms with Gasteiger partial charge in [-0.3, -0.25) is 9.59 Å². The Bertz CT molecular complexity index is 997. The summed E-state index contributed by atoms with van der Waals surface area (Å²) in [5.74, 6) is 0.330. The first kappa shape index (κ1) is 17.6. The molecule has 1 aromatic heterocycles. The number of imidazole rings is 1. The zero-order valence-corrected chi connectivity index (χ0v) is 15.8. The summed E-state index contributed by atoms with van der Waals surface area (Å²) in [6, 6.07) is 13.4. The first-order valence-electron chi connectivity index (χ1n) is 8.88. The van der Waals surface area contributed by atoms with Gasteiger partial charge in [0.2, 0.25) is 11.8 Å². The number of aromatic amines is 1. The third-order valence-corrected chi connectivity index (χ3v) is 5.37. The van der Waals surface area contributed by atoms with Gasteiger partial charge in [0.1, 0.15) is 0 Å². The number of nitrogens with zero attached hydrogens (tertiary/aromatic N) is 2. The number of carbonyl (C=O) groups is 2. The fourth-order valence-electron chi connectivity index (χ4n) is 3.15. The summed E-state index contributed by atoms with van der Waals surface area (Å²) in [5, 5.41) is 3.61. The average Bonchev–Trinajstić information content (AvgIpc) is 3.26. The van der Waals surface area contributed by atoms with Crippen LogP contribution < -0.4 is 10.2 Å². The molecule has 2 heterocycles. The van der Waals surface area contributed by atoms with Crippen molar-refractivity contribution in [2.75, 3.05) is 22.5 Å². The highest BCUT2D eigenvalue weighted by atomic mass is 32.2. The molecular weight excluding hydrogens is 360 g/mol. The van der Waals surface area contributed by atoms with E-state index in [1.807, 2.05) is 49.4 Å². The highest BCUT2D eigenvalue weighted by molar-refractivity contribution is 7.99. The molecule has 1 aliphatic heterocycles. The molecule has 2 amide bonds. The van der Waals surface area contributed by atoms with Crippen LogP contribution in [0.15, 0.2) is 47.6 Å². The second-order valence-corrected chi connectivity index (χ2v) is 7.56. The highest BCUT2D eigenvalue weighted by Crippen LogP contribution is 2.24. The Morgan fingerprint density at radius 3 is 2.81 bits per heavy atom. The number of fused-ring (bicyclic) bond motifs is 1. The summed E-state index contributed by atoms with van der Waals surface area (Å²) in [5.41, 5.74) is 4.64. The Kier molecular flexibility index (Phi) is 4.85. The van der Waals surface area contributed by atoms with E-state index in [-0.39, 0.29) is 17.6 Å². The van der Waals surface area contributed by atoms with Crippen LogP contribution in [0.5, 0.6) is 0 Å². The summed E-state index contributed by atoms with van der Waals surface area (Å²) in [6.45, 7) is 2.80. The number of hydrogen-bond acceptors (Lipinski definition) is 4. The summed E-state index contributed by atoms with van der Waals surface area (Å²) in [7, 11) is 0. The Morgan fingerprint density at radius 1 is 1.26 bits per heavy atom. The molecule has 0 bridgehead atoms. The van der Waals surface area contributed by atoms with E-state index in [9.17, 15) is 9.59 Å². The lowest BCUT2D eigenvalue weighted by molar-refractivity contribution is -0.117. The zero-order chi connectivity index (χ0) is 18.8. The number of aromatic nitrogens is 2. The van der Waals surface area contributed by atoms with Gasteiger partial charge in [-0.1, -0.05) is 17.8 Å². The van der Waals surface area contributed by atoms with E-state index in [1.165, 1.54) is 17.3 Å². The van der Waals surface area contributed by atoms with E-state index in [2.05, 4.69) is 15.3 Å². The quantitative estimate of drug-likeness (QED) is 0.661. The highest BCUT2D eigenvalue weighted by Gasteiger charge is 2.21. The summed E-state index contributed by atoms with van der Waals surface area (Å²) >= 11 is 1.37. The number of carbonyl (C=O) groups excluding carboxylic acids is 2. The van der Waals surface area contributed by atoms with E-state index in [1.54, 1.807) is 4.90 Å². The van der Waals surface area contributed by atoms with Crippen LogP contribution in [0, 0.1) is 6.92 Å². The third-order valence-electron chi connectivity index (χ3n) is 4.49. The molecule has 4 rings (SSSR count). The lowest BCUT2D eigenvalue weighted by atomic mass is 10.2. The molecule has 0 unspecified atom stereocenters. The second kappa shape index (κ2) is 7.44. The number of nitrogens with one attached hydrogen (secondary N) is 2. The first-order chi connectivity index (χ1) is 13.1. The SMILES string of the molecule is Cc1ccc2nc(SCC(=O)Nc3ccc(N4CCCC4=O)cc3)[nH]c2c1. The zero-order valence-electron chi connectivity index (χ0n) is 15.0. The molecule has 1 saturated heterocycles. The van der Waals surface area contributed by atoms with Gasteiger partial charge < -0.3 is 15.2 Å². The normalized spacial score (nSPS) is 14.1. The third kappa shape index (κ3) is 3.98. The summed E-state index contributed by atoms with van der Waals surface area (Å²) < 4.78 is 0. The van der Waals surface area contributed by atoms with Gasteiger partial charge in [-0.25, -0.2) is 4.98 Å². The Balaban J connectivity index is 1.34. The number of aryl methyl sites for hydroxylation is 1. The van der Waals surface area contributed by atoms with Gasteiger partial charge in [-0.15, -0.1) is 0 Å². The molecule has 0 radical (unpaired) electrons. The molecule has 1 aliphatic rings. The molecule has 2 N–H and O–H groups in total. The first-order valence-corrected chi connectivity index (χ1v) is 9.86. The van der Waals surface area contributed by atoms with Gasteiger partial charge in [-0.05, 0) is 55.3 Å². The maximum Gasteiger partial charge on any atom is 0.234 e. The minimum Gasteiger partial charge on any atom is -0.333 e. The van der Waals surface area contributed by atoms with Gasteiger partial charge in [0.15, 0.2) is 5.16 Å². The summed E-state index contributed by atoms with van der Waals surface area (Å²) in [6.07, 6.45) is 1.51. The lowest BCUT2D eigenvalue weighted by Crippen LogP contribution is -2.23. The fourth-order valence-corrected chi connectivity index (χ4v) is 3.83. The predicted molar refractivity (Wildman–Crippen MR) is 108 cm³/mol. The van der Waals surface area contributed by atoms with E-state index in [0.717, 1.165) is 40.5 Å². The topological polar surface area (TPSA) is 78.1 Å². The van der Waals surface area contributed by atoms with Crippen molar-refractivity contribution < 1.29 is 9.59 Å². The van der Waals surface area contributed by atoms with Crippen LogP contribution in [0.4, 0.5) is 11.4 Å². The van der Waals surface area contributed by atoms with E-state index in [0.29, 0.717) is 6.42 Å². The van der Waals surface area contributed by atoms with Crippen LogP contribution >= 0.6 is 11.8 Å². The van der Waals surface area contributed by atoms with Crippen molar-refractivity contribution in [3.8, 4) is 0 Å². The lowest BCUT2D eigenvalue weighted by Gasteiger charge is -2.16. The Hall–Kier alpha value is -2.80. The van der Waals surface area contributed by atoms with Gasteiger partial charge in [-0.2, -0.15) is 0 Å². The van der Waals surface area contributed by atoms with Gasteiger partial charge in [0.25, 0.3) is 0 Å². The van der Waals surface area contributed by atoms with Crippen molar-refractivity contribution >= 4 is 46.0 Å². The van der Waals surface area contributed by atoms with Crippen LogP contribution in [0.2, 0.25) is 0 Å². The summed E-state index contributed by atoms with van der Waals surface area (Å²) in [4.78, 5) is 33.5. The maximum atomic E-state index is 12.2. The Labute approximate surface area is 161 Å². The molecule has 6 nitrogen and oxygen atoms in total. The second-order valence-electron chi connectivity index (χ2n) is 6.60. The van der Waals surface area contributed by atoms with E-state index >= 15 is 0 Å². The number of H-pyrrole nitrogens is 1. The van der Waals surface area contributed by atoms with Gasteiger partial charge in [0.05, 0.1) is 16.8 Å². The van der Waals surface area contributed by atoms with Crippen molar-refractivity contribution in [2.45, 2.75) is 24.9 Å². The molecule has 7 heteroatoms. The minimum absolute atomic E-state index is 0.0957. The van der Waals surface area contributed by atoms with Gasteiger partial charge in [0, 0.05) is 24.3 Å². The van der Waals surface area contributed by atoms with Crippen molar-refractivity contribution in [1.82, 2.24) is 9.97 Å². The smallest absolute Gasteiger partial charge is 0.234 e. The van der Waals surface area contributed by atoms with E-state index in [4.69, 9.17) is 0 Å². The van der Waals surface area contributed by atoms with Crippen LogP contribution in [0.25, 0.3) is 11.0 Å². The molecule has 3 aromatic rings. The molecule has 0 saturated carbocycles. The van der Waals surface area contributed by atoms with E-state index < -0.39 is 0 Å². The molecule has 0 aliphatic carbocycles. The standard InChI is InChI=1S/C20H20N4O2S/c1-13-4-9-16-17(11-13)23-20(22-16)27-12-18(25)21-14-5-7-15(8-6-14)24-10-2-3-19(24)26/h4-9,11H,2-3,10,12H2,1H3,(H,21,25)(H,22,23). The largest absolute Gasteiger partial charge is 0.333 e. The molecule has 27 heavy (non-hydrogen) atoms. The van der Waals surface area contributed by atoms with Crippen LogP contribution in [0.1, 0.15) is 18.4 Å². The molecule has 0 spiro atoms. The molecule has 138 valence electrons. The predicted octanol–water partition coefficient (Wildman–Crippen LogP) is 3.73. The molecule has 1 fully saturated rings. The molecular formula is C20H20N4O2S. The minimum atomic E-state index is -0.0957. The monoisotopic (exact) mass is 380 g/mol. The van der Waals surface area contributed by atoms with Crippen LogP contribution in [0.3, 0.4) is 0 Å².